The highest BCUT2D eigenvalue weighted by molar-refractivity contribution is 7.89. The highest BCUT2D eigenvalue weighted by Gasteiger charge is 2.19. The fourth-order valence-corrected chi connectivity index (χ4v) is 3.34. The number of hydrogen-bond donors (Lipinski definition) is 1. The lowest BCUT2D eigenvalue weighted by molar-refractivity contribution is 0.283. The molecule has 0 radical (unpaired) electrons. The second-order valence-electron chi connectivity index (χ2n) is 6.23. The summed E-state index contributed by atoms with van der Waals surface area (Å²) in [6.45, 7) is 0.152. The summed E-state index contributed by atoms with van der Waals surface area (Å²) < 4.78 is 35.8. The fourth-order valence-electron chi connectivity index (χ4n) is 2.66. The first-order chi connectivity index (χ1) is 14.3. The maximum absolute atomic E-state index is 11.6. The van der Waals surface area contributed by atoms with E-state index in [0.717, 1.165) is 0 Å². The Hall–Kier alpha value is -3.28. The van der Waals surface area contributed by atoms with E-state index < -0.39 is 10.0 Å². The smallest absolute Gasteiger partial charge is 0.261 e. The van der Waals surface area contributed by atoms with Crippen LogP contribution in [0.25, 0.3) is 22.8 Å². The van der Waals surface area contributed by atoms with Crippen molar-refractivity contribution in [2.75, 3.05) is 0 Å². The minimum Gasteiger partial charge on any atom is -0.471 e. The van der Waals surface area contributed by atoms with Crippen LogP contribution < -0.4 is 9.88 Å². The van der Waals surface area contributed by atoms with E-state index in [1.807, 2.05) is 0 Å². The predicted octanol–water partition coefficient (Wildman–Crippen LogP) is 2.41. The standard InChI is InChI=1S/C18H15ClN6O4S/c1-25-15(10-28-16-6-5-12(19)8-21-16)14(9-22-25)18-23-17(24-29-18)11-3-2-4-13(7-11)30(20,26)27/h2-9H,10H2,1H3,(H2,20,26,27). The third-order valence-corrected chi connectivity index (χ3v) is 5.33. The van der Waals surface area contributed by atoms with E-state index in [-0.39, 0.29) is 23.2 Å². The van der Waals surface area contributed by atoms with Gasteiger partial charge in [0.2, 0.25) is 21.7 Å². The van der Waals surface area contributed by atoms with Crippen LogP contribution in [0.2, 0.25) is 5.02 Å². The molecule has 0 fully saturated rings. The average molecular weight is 447 g/mol. The van der Waals surface area contributed by atoms with Gasteiger partial charge in [-0.2, -0.15) is 10.1 Å². The minimum atomic E-state index is -3.85. The number of halogens is 1. The monoisotopic (exact) mass is 446 g/mol. The Morgan fingerprint density at radius 3 is 2.80 bits per heavy atom. The van der Waals surface area contributed by atoms with Gasteiger partial charge in [-0.1, -0.05) is 28.9 Å². The molecule has 0 atom stereocenters. The number of primary sulfonamides is 1. The van der Waals surface area contributed by atoms with E-state index in [9.17, 15) is 8.42 Å². The van der Waals surface area contributed by atoms with Crippen LogP contribution in [0.3, 0.4) is 0 Å². The van der Waals surface area contributed by atoms with Crippen LogP contribution in [0.1, 0.15) is 5.69 Å². The molecule has 0 aliphatic rings. The summed E-state index contributed by atoms with van der Waals surface area (Å²) >= 11 is 5.83. The molecule has 1 aromatic carbocycles. The van der Waals surface area contributed by atoms with Crippen LogP contribution in [-0.4, -0.2) is 33.3 Å². The normalized spacial score (nSPS) is 11.6. The van der Waals surface area contributed by atoms with E-state index in [0.29, 0.717) is 27.7 Å². The maximum atomic E-state index is 11.6. The molecule has 0 saturated heterocycles. The number of aryl methyl sites for hydroxylation is 1. The molecule has 12 heteroatoms. The van der Waals surface area contributed by atoms with Gasteiger partial charge in [-0.25, -0.2) is 18.5 Å². The summed E-state index contributed by atoms with van der Waals surface area (Å²) in [4.78, 5) is 8.40. The SMILES string of the molecule is Cn1ncc(-c2nc(-c3cccc(S(N)(=O)=O)c3)no2)c1COc1ccc(Cl)cn1. The number of nitrogens with zero attached hydrogens (tertiary/aromatic N) is 5. The van der Waals surface area contributed by atoms with Gasteiger partial charge in [-0.3, -0.25) is 4.68 Å². The molecule has 0 aliphatic carbocycles. The van der Waals surface area contributed by atoms with Gasteiger partial charge in [0.05, 0.1) is 27.4 Å². The second-order valence-corrected chi connectivity index (χ2v) is 8.23. The summed E-state index contributed by atoms with van der Waals surface area (Å²) in [7, 11) is -2.09. The average Bonchev–Trinajstić information content (AvgIpc) is 3.34. The quantitative estimate of drug-likeness (QED) is 0.476. The molecule has 10 nitrogen and oxygen atoms in total. The summed E-state index contributed by atoms with van der Waals surface area (Å²) in [5.74, 6) is 0.824. The molecule has 3 heterocycles. The van der Waals surface area contributed by atoms with Crippen molar-refractivity contribution in [3.8, 4) is 28.7 Å². The van der Waals surface area contributed by atoms with Gasteiger partial charge in [0.15, 0.2) is 0 Å². The first-order valence-corrected chi connectivity index (χ1v) is 10.5. The Morgan fingerprint density at radius 1 is 1.23 bits per heavy atom. The topological polar surface area (TPSA) is 139 Å². The maximum Gasteiger partial charge on any atom is 0.261 e. The van der Waals surface area contributed by atoms with Crippen LogP contribution in [0.5, 0.6) is 5.88 Å². The van der Waals surface area contributed by atoms with E-state index in [1.54, 1.807) is 42.2 Å². The lowest BCUT2D eigenvalue weighted by Gasteiger charge is -2.06. The Bertz CT molecular complexity index is 1300. The zero-order valence-corrected chi connectivity index (χ0v) is 17.1. The number of ether oxygens (including phenoxy) is 1. The van der Waals surface area contributed by atoms with Crippen LogP contribution >= 0.6 is 11.6 Å². The van der Waals surface area contributed by atoms with Crippen molar-refractivity contribution in [3.63, 3.8) is 0 Å². The van der Waals surface area contributed by atoms with E-state index >= 15 is 0 Å². The van der Waals surface area contributed by atoms with Gasteiger partial charge in [0.25, 0.3) is 5.89 Å². The highest BCUT2D eigenvalue weighted by atomic mass is 35.5. The third-order valence-electron chi connectivity index (χ3n) is 4.20. The second kappa shape index (κ2) is 7.86. The van der Waals surface area contributed by atoms with Crippen LogP contribution in [0.15, 0.2) is 58.2 Å². The molecule has 0 unspecified atom stereocenters. The van der Waals surface area contributed by atoms with Crippen molar-refractivity contribution in [1.82, 2.24) is 24.9 Å². The number of pyridine rings is 1. The highest BCUT2D eigenvalue weighted by Crippen LogP contribution is 2.26. The van der Waals surface area contributed by atoms with Crippen LogP contribution in [0, 0.1) is 0 Å². The van der Waals surface area contributed by atoms with Gasteiger partial charge in [0, 0.05) is 24.9 Å². The van der Waals surface area contributed by atoms with Gasteiger partial charge in [-0.15, -0.1) is 0 Å². The number of rotatable bonds is 6. The largest absolute Gasteiger partial charge is 0.471 e. The Morgan fingerprint density at radius 2 is 2.07 bits per heavy atom. The lowest BCUT2D eigenvalue weighted by Crippen LogP contribution is -2.11. The van der Waals surface area contributed by atoms with Crippen LogP contribution in [-0.2, 0) is 23.7 Å². The summed E-state index contributed by atoms with van der Waals surface area (Å²) in [6, 6.07) is 9.30. The molecule has 2 N–H and O–H groups in total. The molecule has 4 aromatic rings. The zero-order chi connectivity index (χ0) is 21.3. The molecule has 0 aliphatic heterocycles. The first kappa shape index (κ1) is 20.0. The zero-order valence-electron chi connectivity index (χ0n) is 15.6. The number of nitrogens with two attached hydrogens (primary N) is 1. The number of sulfonamides is 1. The Labute approximate surface area is 176 Å². The van der Waals surface area contributed by atoms with E-state index in [1.165, 1.54) is 18.3 Å². The number of aromatic nitrogens is 5. The molecule has 30 heavy (non-hydrogen) atoms. The number of hydrogen-bond acceptors (Lipinski definition) is 8. The molecule has 4 rings (SSSR count). The van der Waals surface area contributed by atoms with Crippen molar-refractivity contribution in [1.29, 1.82) is 0 Å². The fraction of sp³-hybridized carbons (Fsp3) is 0.111. The molecule has 0 spiro atoms. The van der Waals surface area contributed by atoms with Gasteiger partial charge >= 0.3 is 0 Å². The molecular formula is C18H15ClN6O4S. The molecule has 3 aromatic heterocycles. The molecule has 0 amide bonds. The van der Waals surface area contributed by atoms with Crippen molar-refractivity contribution < 1.29 is 17.7 Å². The van der Waals surface area contributed by atoms with E-state index in [4.69, 9.17) is 26.0 Å². The Balaban J connectivity index is 1.61. The van der Waals surface area contributed by atoms with Gasteiger partial charge in [-0.05, 0) is 18.2 Å². The molecule has 0 bridgehead atoms. The third kappa shape index (κ3) is 4.17. The predicted molar refractivity (Wildman–Crippen MR) is 107 cm³/mol. The Kier molecular flexibility index (Phi) is 5.24. The van der Waals surface area contributed by atoms with Crippen molar-refractivity contribution in [2.45, 2.75) is 11.5 Å². The summed E-state index contributed by atoms with van der Waals surface area (Å²) in [5, 5.41) is 13.8. The first-order valence-electron chi connectivity index (χ1n) is 8.54. The van der Waals surface area contributed by atoms with Crippen molar-refractivity contribution >= 4 is 21.6 Å². The minimum absolute atomic E-state index is 0.0442. The lowest BCUT2D eigenvalue weighted by atomic mass is 10.2. The van der Waals surface area contributed by atoms with Crippen molar-refractivity contribution in [3.05, 3.63) is 59.5 Å². The van der Waals surface area contributed by atoms with E-state index in [2.05, 4.69) is 20.2 Å². The number of benzene rings is 1. The van der Waals surface area contributed by atoms with Gasteiger partial charge in [0.1, 0.15) is 6.61 Å². The summed E-state index contributed by atoms with van der Waals surface area (Å²) in [5.41, 5.74) is 1.71. The van der Waals surface area contributed by atoms with Crippen molar-refractivity contribution in [2.24, 2.45) is 12.2 Å². The molecule has 154 valence electrons. The van der Waals surface area contributed by atoms with Crippen LogP contribution in [0.4, 0.5) is 0 Å². The van der Waals surface area contributed by atoms with Gasteiger partial charge < -0.3 is 9.26 Å². The molecule has 0 saturated carbocycles. The summed E-state index contributed by atoms with van der Waals surface area (Å²) in [6.07, 6.45) is 3.06. The molecular weight excluding hydrogens is 432 g/mol.